The molecule has 2 aliphatic carbocycles. The van der Waals surface area contributed by atoms with Gasteiger partial charge < -0.3 is 0 Å². The lowest BCUT2D eigenvalue weighted by Crippen LogP contribution is -2.15. The van der Waals surface area contributed by atoms with Crippen molar-refractivity contribution in [3.8, 4) is 11.1 Å². The molecule has 0 aliphatic heterocycles. The van der Waals surface area contributed by atoms with Gasteiger partial charge in [-0.1, -0.05) is 110 Å². The van der Waals surface area contributed by atoms with Crippen LogP contribution in [0.25, 0.3) is 11.1 Å². The highest BCUT2D eigenvalue weighted by atomic mass is 14.4. The minimum atomic E-state index is 0.0792. The van der Waals surface area contributed by atoms with Crippen LogP contribution in [0.4, 0.5) is 0 Å². The number of rotatable bonds is 1. The molecule has 0 N–H and O–H groups in total. The Bertz CT molecular complexity index is 1180. The Morgan fingerprint density at radius 2 is 1.09 bits per heavy atom. The number of hydrogen-bond donors (Lipinski definition) is 0. The fourth-order valence-electron chi connectivity index (χ4n) is 5.78. The Hall–Kier alpha value is -2.34. The van der Waals surface area contributed by atoms with Gasteiger partial charge in [0.2, 0.25) is 0 Å². The molecule has 2 aromatic rings. The minimum absolute atomic E-state index is 0.0792. The lowest BCUT2D eigenvalue weighted by atomic mass is 9.75. The molecule has 0 radical (unpaired) electrons. The summed E-state index contributed by atoms with van der Waals surface area (Å²) in [6.45, 7) is 27.9. The van der Waals surface area contributed by atoms with Crippen molar-refractivity contribution in [3.05, 3.63) is 92.6 Å². The van der Waals surface area contributed by atoms with E-state index in [0.29, 0.717) is 0 Å². The molecule has 0 amide bonds. The first-order chi connectivity index (χ1) is 15.5. The van der Waals surface area contributed by atoms with Gasteiger partial charge in [-0.05, 0) is 92.7 Å². The molecule has 2 aliphatic rings. The summed E-state index contributed by atoms with van der Waals surface area (Å²) in [5.41, 5.74) is 16.3. The normalized spacial score (nSPS) is 16.7. The molecule has 2 aromatic carbocycles. The Balaban J connectivity index is 2.08. The van der Waals surface area contributed by atoms with E-state index < -0.39 is 0 Å². The molecular formula is C34H44. The van der Waals surface area contributed by atoms with Crippen LogP contribution in [-0.4, -0.2) is 0 Å². The lowest BCUT2D eigenvalue weighted by molar-refractivity contribution is 0.507. The van der Waals surface area contributed by atoms with E-state index in [9.17, 15) is 0 Å². The van der Waals surface area contributed by atoms with Crippen LogP contribution in [0.5, 0.6) is 0 Å². The number of hydrogen-bond acceptors (Lipinski definition) is 0. The maximum Gasteiger partial charge on any atom is 0.0358 e. The van der Waals surface area contributed by atoms with Crippen LogP contribution in [-0.2, 0) is 10.8 Å². The van der Waals surface area contributed by atoms with Gasteiger partial charge in [0, 0.05) is 5.92 Å². The molecule has 34 heavy (non-hydrogen) atoms. The Morgan fingerprint density at radius 1 is 0.647 bits per heavy atom. The Morgan fingerprint density at radius 3 is 1.44 bits per heavy atom. The van der Waals surface area contributed by atoms with Gasteiger partial charge in [-0.2, -0.15) is 0 Å². The van der Waals surface area contributed by atoms with Gasteiger partial charge in [0.15, 0.2) is 0 Å². The van der Waals surface area contributed by atoms with Crippen LogP contribution in [0.3, 0.4) is 0 Å². The van der Waals surface area contributed by atoms with E-state index in [1.54, 1.807) is 0 Å². The average Bonchev–Trinajstić information content (AvgIpc) is 3.20. The predicted octanol–water partition coefficient (Wildman–Crippen LogP) is 10.0. The zero-order valence-corrected chi connectivity index (χ0v) is 23.6. The van der Waals surface area contributed by atoms with Gasteiger partial charge >= 0.3 is 0 Å². The molecule has 0 spiro atoms. The third kappa shape index (κ3) is 4.04. The molecule has 0 nitrogen and oxygen atoms in total. The standard InChI is InChI=1S/C34H44/c1-20(2)26-17-21(3)29(31(26)34(10,11)12)30-24-15-13-22(32(4,5)6)18-27(24)28-19-23(33(7,8)9)14-16-25(28)30/h13-19,30H,1-12H3. The van der Waals surface area contributed by atoms with E-state index in [1.807, 2.05) is 0 Å². The lowest BCUT2D eigenvalue weighted by Gasteiger charge is -2.29. The van der Waals surface area contributed by atoms with Crippen LogP contribution < -0.4 is 0 Å². The van der Waals surface area contributed by atoms with Crippen molar-refractivity contribution in [3.63, 3.8) is 0 Å². The molecule has 0 unspecified atom stereocenters. The quantitative estimate of drug-likeness (QED) is 0.404. The first-order valence-corrected chi connectivity index (χ1v) is 12.9. The van der Waals surface area contributed by atoms with Gasteiger partial charge in [-0.25, -0.2) is 0 Å². The summed E-state index contributed by atoms with van der Waals surface area (Å²) in [6.07, 6.45) is 2.44. The first kappa shape index (κ1) is 24.8. The van der Waals surface area contributed by atoms with E-state index in [-0.39, 0.29) is 22.2 Å². The maximum atomic E-state index is 2.48. The van der Waals surface area contributed by atoms with Crippen LogP contribution in [0.1, 0.15) is 111 Å². The van der Waals surface area contributed by atoms with E-state index in [4.69, 9.17) is 0 Å². The molecule has 0 heterocycles. The molecule has 0 heteroatoms. The topological polar surface area (TPSA) is 0 Å². The number of fused-ring (bicyclic) bond motifs is 3. The predicted molar refractivity (Wildman–Crippen MR) is 150 cm³/mol. The molecule has 0 fully saturated rings. The van der Waals surface area contributed by atoms with E-state index >= 15 is 0 Å². The zero-order valence-electron chi connectivity index (χ0n) is 23.6. The number of benzene rings is 2. The van der Waals surface area contributed by atoms with Crippen molar-refractivity contribution in [2.45, 2.75) is 99.8 Å². The molecule has 4 rings (SSSR count). The molecule has 0 atom stereocenters. The molecular weight excluding hydrogens is 408 g/mol. The second kappa shape index (κ2) is 7.84. The Labute approximate surface area is 208 Å². The summed E-state index contributed by atoms with van der Waals surface area (Å²) in [7, 11) is 0. The molecule has 0 aromatic heterocycles. The van der Waals surface area contributed by atoms with Gasteiger partial charge in [-0.15, -0.1) is 0 Å². The van der Waals surface area contributed by atoms with Crippen LogP contribution in [0.15, 0.2) is 70.3 Å². The molecule has 0 saturated carbocycles. The SMILES string of the molecule is CC1=CC(=C(C)C)C(C(C)(C)C)=C1C1c2ccc(C(C)(C)C)cc2-c2cc(C(C)(C)C)ccc21. The fraction of sp³-hybridized carbons (Fsp3) is 0.471. The highest BCUT2D eigenvalue weighted by Crippen LogP contribution is 2.56. The zero-order chi connectivity index (χ0) is 25.4. The van der Waals surface area contributed by atoms with E-state index in [0.717, 1.165) is 0 Å². The van der Waals surface area contributed by atoms with E-state index in [1.165, 1.54) is 61.2 Å². The largest absolute Gasteiger partial charge is 0.0689 e. The fourth-order valence-corrected chi connectivity index (χ4v) is 5.78. The van der Waals surface area contributed by atoms with E-state index in [2.05, 4.69) is 126 Å². The summed E-state index contributed by atoms with van der Waals surface area (Å²) in [4.78, 5) is 0. The second-order valence-electron chi connectivity index (χ2n) is 13.8. The highest BCUT2D eigenvalue weighted by Gasteiger charge is 2.39. The third-order valence-corrected chi connectivity index (χ3v) is 7.65. The summed E-state index contributed by atoms with van der Waals surface area (Å²) >= 11 is 0. The van der Waals surface area contributed by atoms with Crippen molar-refractivity contribution in [2.24, 2.45) is 5.41 Å². The Kier molecular flexibility index (Phi) is 5.71. The summed E-state index contributed by atoms with van der Waals surface area (Å²) in [5, 5.41) is 0. The summed E-state index contributed by atoms with van der Waals surface area (Å²) in [6, 6.07) is 14.6. The third-order valence-electron chi connectivity index (χ3n) is 7.65. The van der Waals surface area contributed by atoms with Crippen molar-refractivity contribution < 1.29 is 0 Å². The minimum Gasteiger partial charge on any atom is -0.0689 e. The second-order valence-corrected chi connectivity index (χ2v) is 13.8. The highest BCUT2D eigenvalue weighted by molar-refractivity contribution is 5.84. The van der Waals surface area contributed by atoms with Crippen LogP contribution in [0.2, 0.25) is 0 Å². The first-order valence-electron chi connectivity index (χ1n) is 12.9. The van der Waals surface area contributed by atoms with Crippen LogP contribution >= 0.6 is 0 Å². The van der Waals surface area contributed by atoms with Gasteiger partial charge in [0.05, 0.1) is 0 Å². The smallest absolute Gasteiger partial charge is 0.0358 e. The number of allylic oxidation sites excluding steroid dienone is 6. The monoisotopic (exact) mass is 452 g/mol. The average molecular weight is 453 g/mol. The van der Waals surface area contributed by atoms with Crippen LogP contribution in [0, 0.1) is 5.41 Å². The molecule has 180 valence electrons. The summed E-state index contributed by atoms with van der Waals surface area (Å²) in [5.74, 6) is 0.287. The van der Waals surface area contributed by atoms with Gasteiger partial charge in [0.25, 0.3) is 0 Å². The van der Waals surface area contributed by atoms with Gasteiger partial charge in [-0.3, -0.25) is 0 Å². The van der Waals surface area contributed by atoms with Crippen molar-refractivity contribution >= 4 is 0 Å². The van der Waals surface area contributed by atoms with Crippen molar-refractivity contribution in [2.75, 3.05) is 0 Å². The van der Waals surface area contributed by atoms with Crippen molar-refractivity contribution in [1.29, 1.82) is 0 Å². The van der Waals surface area contributed by atoms with Gasteiger partial charge in [0.1, 0.15) is 0 Å². The summed E-state index contributed by atoms with van der Waals surface area (Å²) < 4.78 is 0. The molecule has 0 bridgehead atoms. The molecule has 0 saturated heterocycles. The maximum absolute atomic E-state index is 2.48. The van der Waals surface area contributed by atoms with Crippen molar-refractivity contribution in [1.82, 2.24) is 0 Å².